The second-order valence-electron chi connectivity index (χ2n) is 8.32. The lowest BCUT2D eigenvalue weighted by atomic mass is 10.1. The molecule has 0 aromatic heterocycles. The van der Waals surface area contributed by atoms with Gasteiger partial charge in [0.2, 0.25) is 0 Å². The van der Waals surface area contributed by atoms with Crippen molar-refractivity contribution in [3.8, 4) is 0 Å². The first kappa shape index (κ1) is 30.3. The lowest BCUT2D eigenvalue weighted by Crippen LogP contribution is -2.37. The second-order valence-corrected chi connectivity index (χ2v) is 8.73. The van der Waals surface area contributed by atoms with Gasteiger partial charge in [-0.3, -0.25) is 14.9 Å². The monoisotopic (exact) mass is 562 g/mol. The summed E-state index contributed by atoms with van der Waals surface area (Å²) >= 11 is 5.36. The number of non-ortho nitro benzene ring substituents is 1. The SMILES string of the molecule is O=C(c1cccc(NC(=S)Nc2ccc([N+](=O)[O-])cc2)c1)N1CCOCCOCCOCCOCCOCC1. The van der Waals surface area contributed by atoms with E-state index in [4.69, 9.17) is 35.9 Å². The molecule has 0 saturated carbocycles. The molecule has 0 aliphatic carbocycles. The number of amides is 1. The van der Waals surface area contributed by atoms with E-state index in [1.807, 2.05) is 0 Å². The van der Waals surface area contributed by atoms with Crippen LogP contribution in [0.2, 0.25) is 0 Å². The highest BCUT2D eigenvalue weighted by Gasteiger charge is 2.16. The van der Waals surface area contributed by atoms with Crippen molar-refractivity contribution < 1.29 is 33.4 Å². The summed E-state index contributed by atoms with van der Waals surface area (Å²) < 4.78 is 27.7. The van der Waals surface area contributed by atoms with Gasteiger partial charge in [-0.15, -0.1) is 0 Å². The molecule has 2 aromatic carbocycles. The molecule has 13 heteroatoms. The van der Waals surface area contributed by atoms with E-state index in [2.05, 4.69) is 10.6 Å². The van der Waals surface area contributed by atoms with Gasteiger partial charge in [-0.2, -0.15) is 0 Å². The molecule has 0 bridgehead atoms. The Kier molecular flexibility index (Phi) is 13.5. The molecule has 0 atom stereocenters. The van der Waals surface area contributed by atoms with Gasteiger partial charge in [0, 0.05) is 42.2 Å². The third-order valence-corrected chi connectivity index (χ3v) is 5.69. The Labute approximate surface area is 232 Å². The number of nitro groups is 1. The molecule has 1 saturated heterocycles. The number of ether oxygens (including phenoxy) is 5. The van der Waals surface area contributed by atoms with Crippen LogP contribution in [0, 0.1) is 10.1 Å². The van der Waals surface area contributed by atoms with Crippen LogP contribution in [0.3, 0.4) is 0 Å². The summed E-state index contributed by atoms with van der Waals surface area (Å²) in [5.41, 5.74) is 1.68. The maximum absolute atomic E-state index is 13.4. The van der Waals surface area contributed by atoms with Crippen LogP contribution in [0.4, 0.5) is 17.1 Å². The minimum Gasteiger partial charge on any atom is -0.377 e. The van der Waals surface area contributed by atoms with Gasteiger partial charge < -0.3 is 39.2 Å². The number of nitrogens with zero attached hydrogens (tertiary/aromatic N) is 2. The molecule has 0 unspecified atom stereocenters. The van der Waals surface area contributed by atoms with Crippen molar-refractivity contribution in [3.05, 3.63) is 64.2 Å². The van der Waals surface area contributed by atoms with E-state index in [9.17, 15) is 14.9 Å². The number of benzene rings is 2. The lowest BCUT2D eigenvalue weighted by Gasteiger charge is -2.23. The number of hydrogen-bond acceptors (Lipinski definition) is 9. The number of carbonyl (C=O) groups is 1. The summed E-state index contributed by atoms with van der Waals surface area (Å²) in [5, 5.41) is 17.1. The molecule has 1 aliphatic heterocycles. The highest BCUT2D eigenvalue weighted by atomic mass is 32.1. The van der Waals surface area contributed by atoms with Crippen LogP contribution in [0.5, 0.6) is 0 Å². The zero-order valence-electron chi connectivity index (χ0n) is 21.7. The quantitative estimate of drug-likeness (QED) is 0.324. The number of hydrogen-bond donors (Lipinski definition) is 2. The minimum atomic E-state index is -0.467. The van der Waals surface area contributed by atoms with Gasteiger partial charge in [0.15, 0.2) is 5.11 Å². The van der Waals surface area contributed by atoms with Gasteiger partial charge in [0.1, 0.15) is 0 Å². The number of anilines is 2. The average Bonchev–Trinajstić information content (AvgIpc) is 2.93. The zero-order chi connectivity index (χ0) is 27.7. The first-order valence-electron chi connectivity index (χ1n) is 12.6. The van der Waals surface area contributed by atoms with Gasteiger partial charge in [0.05, 0.1) is 71.0 Å². The van der Waals surface area contributed by atoms with Crippen molar-refractivity contribution >= 4 is 40.3 Å². The zero-order valence-corrected chi connectivity index (χ0v) is 22.5. The molecule has 212 valence electrons. The summed E-state index contributed by atoms with van der Waals surface area (Å²) in [6.45, 7) is 5.16. The molecule has 39 heavy (non-hydrogen) atoms. The average molecular weight is 563 g/mol. The fourth-order valence-electron chi connectivity index (χ4n) is 3.52. The van der Waals surface area contributed by atoms with Crippen molar-refractivity contribution in [3.63, 3.8) is 0 Å². The molecular weight excluding hydrogens is 528 g/mol. The highest BCUT2D eigenvalue weighted by Crippen LogP contribution is 2.17. The molecule has 1 amide bonds. The number of rotatable bonds is 4. The highest BCUT2D eigenvalue weighted by molar-refractivity contribution is 7.80. The Bertz CT molecular complexity index is 1040. The summed E-state index contributed by atoms with van der Waals surface area (Å²) in [6.07, 6.45) is 0. The molecular formula is C26H34N4O8S. The number of nitrogens with one attached hydrogen (secondary N) is 2. The lowest BCUT2D eigenvalue weighted by molar-refractivity contribution is -0.384. The molecule has 2 aromatic rings. The Morgan fingerprint density at radius 3 is 1.74 bits per heavy atom. The van der Waals surface area contributed by atoms with Gasteiger partial charge >= 0.3 is 0 Å². The van der Waals surface area contributed by atoms with Gasteiger partial charge in [-0.1, -0.05) is 6.07 Å². The topological polar surface area (TPSA) is 134 Å². The molecule has 0 radical (unpaired) electrons. The predicted molar refractivity (Wildman–Crippen MR) is 149 cm³/mol. The fourth-order valence-corrected chi connectivity index (χ4v) is 3.75. The molecule has 1 aliphatic rings. The Morgan fingerprint density at radius 2 is 1.23 bits per heavy atom. The number of carbonyl (C=O) groups excluding carboxylic acids is 1. The standard InChI is InChI=1S/C26H34N4O8S/c31-25(29-8-10-34-12-14-36-16-18-38-19-17-37-15-13-35-11-9-29)21-2-1-3-23(20-21)28-26(39)27-22-4-6-24(7-5-22)30(32)33/h1-7,20H,8-19H2,(H2,27,28,39). The van der Waals surface area contributed by atoms with Crippen LogP contribution in [-0.2, 0) is 23.7 Å². The third kappa shape index (κ3) is 11.6. The first-order valence-corrected chi connectivity index (χ1v) is 13.0. The molecule has 0 spiro atoms. The molecule has 3 rings (SSSR count). The fraction of sp³-hybridized carbons (Fsp3) is 0.462. The van der Waals surface area contributed by atoms with E-state index in [0.717, 1.165) is 0 Å². The van der Waals surface area contributed by atoms with Crippen molar-refractivity contribution in [2.75, 3.05) is 89.8 Å². The molecule has 1 heterocycles. The van der Waals surface area contributed by atoms with E-state index >= 15 is 0 Å². The molecule has 1 fully saturated rings. The van der Waals surface area contributed by atoms with Crippen LogP contribution in [0.15, 0.2) is 48.5 Å². The largest absolute Gasteiger partial charge is 0.377 e. The smallest absolute Gasteiger partial charge is 0.269 e. The normalized spacial score (nSPS) is 16.9. The maximum atomic E-state index is 13.4. The number of nitro benzene ring substituents is 1. The van der Waals surface area contributed by atoms with Crippen LogP contribution in [0.25, 0.3) is 0 Å². The first-order chi connectivity index (χ1) is 19.0. The van der Waals surface area contributed by atoms with Crippen LogP contribution in [-0.4, -0.2) is 100 Å². The van der Waals surface area contributed by atoms with E-state index < -0.39 is 4.92 Å². The van der Waals surface area contributed by atoms with Gasteiger partial charge in [-0.05, 0) is 42.5 Å². The van der Waals surface area contributed by atoms with Gasteiger partial charge in [0.25, 0.3) is 11.6 Å². The van der Waals surface area contributed by atoms with Crippen molar-refractivity contribution in [2.45, 2.75) is 0 Å². The Morgan fingerprint density at radius 1 is 0.744 bits per heavy atom. The van der Waals surface area contributed by atoms with Crippen LogP contribution >= 0.6 is 12.2 Å². The van der Waals surface area contributed by atoms with Crippen molar-refractivity contribution in [2.24, 2.45) is 0 Å². The van der Waals surface area contributed by atoms with Crippen molar-refractivity contribution in [1.82, 2.24) is 4.90 Å². The summed E-state index contributed by atoms with van der Waals surface area (Å²) in [7, 11) is 0. The maximum Gasteiger partial charge on any atom is 0.269 e. The van der Waals surface area contributed by atoms with E-state index in [1.54, 1.807) is 41.3 Å². The summed E-state index contributed by atoms with van der Waals surface area (Å²) in [4.78, 5) is 25.4. The third-order valence-electron chi connectivity index (χ3n) is 5.49. The summed E-state index contributed by atoms with van der Waals surface area (Å²) in [6, 6.07) is 12.9. The number of thiocarbonyl (C=S) groups is 1. The molecule has 12 nitrogen and oxygen atoms in total. The van der Waals surface area contributed by atoms with Crippen LogP contribution in [0.1, 0.15) is 10.4 Å². The van der Waals surface area contributed by atoms with Gasteiger partial charge in [-0.25, -0.2) is 0 Å². The van der Waals surface area contributed by atoms with Crippen molar-refractivity contribution in [1.29, 1.82) is 0 Å². The second kappa shape index (κ2) is 17.4. The van der Waals surface area contributed by atoms with E-state index in [-0.39, 0.29) is 16.7 Å². The predicted octanol–water partition coefficient (Wildman–Crippen LogP) is 2.94. The Hall–Kier alpha value is -3.20. The van der Waals surface area contributed by atoms with E-state index in [1.165, 1.54) is 12.1 Å². The summed E-state index contributed by atoms with van der Waals surface area (Å²) in [5.74, 6) is -0.167. The van der Waals surface area contributed by atoms with Crippen LogP contribution < -0.4 is 10.6 Å². The minimum absolute atomic E-state index is 0.0113. The Balaban J connectivity index is 1.56. The molecule has 2 N–H and O–H groups in total. The van der Waals surface area contributed by atoms with E-state index in [0.29, 0.717) is 96.1 Å².